The zero-order valence-corrected chi connectivity index (χ0v) is 20.9. The largest absolute Gasteiger partial charge is 0.411 e. The lowest BCUT2D eigenvalue weighted by Gasteiger charge is -2.40. The van der Waals surface area contributed by atoms with Crippen molar-refractivity contribution in [3.05, 3.63) is 17.0 Å². The second-order valence-corrected chi connectivity index (χ2v) is 10.2. The molecular weight excluding hydrogens is 516 g/mol. The van der Waals surface area contributed by atoms with Gasteiger partial charge in [-0.15, -0.1) is 0 Å². The highest BCUT2D eigenvalue weighted by atomic mass is 19.4. The van der Waals surface area contributed by atoms with Crippen LogP contribution in [0.3, 0.4) is 0 Å². The summed E-state index contributed by atoms with van der Waals surface area (Å²) in [7, 11) is 3.58. The standard InChI is InChI=1S/C23H34F8N4O2/c1-32-9-16(33-2)7-17-19(18-8-21(24,25)10-35(18)34-17)15-3-5-20(6-4-15,11-36-13-22(26,27)28)12-37-14-23(29,30)31/h15-16,32-33H,3-14H2,1-2H3. The van der Waals surface area contributed by atoms with Crippen molar-refractivity contribution in [2.45, 2.75) is 75.3 Å². The van der Waals surface area contributed by atoms with E-state index in [0.29, 0.717) is 37.2 Å². The Labute approximate surface area is 210 Å². The summed E-state index contributed by atoms with van der Waals surface area (Å²) in [6.45, 7) is -3.72. The molecule has 0 spiro atoms. The van der Waals surface area contributed by atoms with Crippen LogP contribution in [0.25, 0.3) is 0 Å². The number of nitrogens with zero attached hydrogens (tertiary/aromatic N) is 2. The van der Waals surface area contributed by atoms with Crippen molar-refractivity contribution in [3.8, 4) is 0 Å². The molecule has 2 aliphatic rings. The van der Waals surface area contributed by atoms with Gasteiger partial charge in [-0.3, -0.25) is 4.68 Å². The van der Waals surface area contributed by atoms with Gasteiger partial charge in [0.2, 0.25) is 0 Å². The van der Waals surface area contributed by atoms with Gasteiger partial charge in [0, 0.05) is 30.1 Å². The van der Waals surface area contributed by atoms with Crippen LogP contribution < -0.4 is 10.6 Å². The van der Waals surface area contributed by atoms with E-state index in [0.717, 1.165) is 5.56 Å². The van der Waals surface area contributed by atoms with E-state index in [1.54, 1.807) is 14.1 Å². The van der Waals surface area contributed by atoms with E-state index in [-0.39, 0.29) is 24.8 Å². The van der Waals surface area contributed by atoms with Crippen molar-refractivity contribution in [1.29, 1.82) is 0 Å². The Morgan fingerprint density at radius 3 is 2.05 bits per heavy atom. The number of rotatable bonds is 12. The lowest BCUT2D eigenvalue weighted by atomic mass is 9.69. The van der Waals surface area contributed by atoms with Crippen molar-refractivity contribution >= 4 is 0 Å². The molecule has 1 aromatic rings. The van der Waals surface area contributed by atoms with Crippen LogP contribution in [0.2, 0.25) is 0 Å². The number of likely N-dealkylation sites (N-methyl/N-ethyl adjacent to an activating group) is 2. The Morgan fingerprint density at radius 1 is 1.00 bits per heavy atom. The second-order valence-electron chi connectivity index (χ2n) is 10.2. The molecule has 1 unspecified atom stereocenters. The first kappa shape index (κ1) is 30.0. The summed E-state index contributed by atoms with van der Waals surface area (Å²) in [6.07, 6.45) is -7.85. The van der Waals surface area contributed by atoms with Crippen molar-refractivity contribution in [1.82, 2.24) is 20.4 Å². The number of nitrogens with one attached hydrogen (secondary N) is 2. The fraction of sp³-hybridized carbons (Fsp3) is 0.870. The van der Waals surface area contributed by atoms with Crippen LogP contribution in [0.4, 0.5) is 35.1 Å². The van der Waals surface area contributed by atoms with E-state index in [1.807, 2.05) is 0 Å². The second kappa shape index (κ2) is 11.7. The summed E-state index contributed by atoms with van der Waals surface area (Å²) < 4.78 is 115. The molecule has 0 aromatic carbocycles. The molecule has 37 heavy (non-hydrogen) atoms. The predicted octanol–water partition coefficient (Wildman–Crippen LogP) is 4.23. The molecule has 0 radical (unpaired) electrons. The molecule has 2 N–H and O–H groups in total. The number of ether oxygens (including phenoxy) is 2. The Kier molecular flexibility index (Phi) is 9.50. The number of aromatic nitrogens is 2. The molecule has 1 atom stereocenters. The van der Waals surface area contributed by atoms with Gasteiger partial charge in [-0.2, -0.15) is 31.4 Å². The Hall–Kier alpha value is -1.51. The predicted molar refractivity (Wildman–Crippen MR) is 119 cm³/mol. The number of fused-ring (bicyclic) bond motifs is 1. The van der Waals surface area contributed by atoms with Gasteiger partial charge in [0.05, 0.1) is 25.3 Å². The first-order chi connectivity index (χ1) is 17.2. The molecule has 0 bridgehead atoms. The summed E-state index contributed by atoms with van der Waals surface area (Å²) in [5, 5.41) is 10.7. The molecule has 14 heteroatoms. The number of hydrogen-bond donors (Lipinski definition) is 2. The van der Waals surface area contributed by atoms with Gasteiger partial charge in [0.25, 0.3) is 5.92 Å². The van der Waals surface area contributed by atoms with Gasteiger partial charge < -0.3 is 20.1 Å². The summed E-state index contributed by atoms with van der Waals surface area (Å²) in [5.74, 6) is -3.11. The lowest BCUT2D eigenvalue weighted by Crippen LogP contribution is -2.39. The first-order valence-corrected chi connectivity index (χ1v) is 12.2. The van der Waals surface area contributed by atoms with Gasteiger partial charge >= 0.3 is 12.4 Å². The monoisotopic (exact) mass is 550 g/mol. The highest BCUT2D eigenvalue weighted by Crippen LogP contribution is 2.47. The molecular formula is C23H34F8N4O2. The van der Waals surface area contributed by atoms with E-state index >= 15 is 0 Å². The van der Waals surface area contributed by atoms with Crippen molar-refractivity contribution in [3.63, 3.8) is 0 Å². The quantitative estimate of drug-likeness (QED) is 0.382. The van der Waals surface area contributed by atoms with E-state index in [4.69, 9.17) is 9.47 Å². The third-order valence-electron chi connectivity index (χ3n) is 7.08. The summed E-state index contributed by atoms with van der Waals surface area (Å²) in [4.78, 5) is 0. The molecule has 6 nitrogen and oxygen atoms in total. The summed E-state index contributed by atoms with van der Waals surface area (Å²) in [6, 6.07) is -0.00546. The third-order valence-corrected chi connectivity index (χ3v) is 7.08. The third kappa shape index (κ3) is 8.49. The van der Waals surface area contributed by atoms with Crippen molar-refractivity contribution < 1.29 is 44.6 Å². The lowest BCUT2D eigenvalue weighted by molar-refractivity contribution is -0.198. The zero-order valence-electron chi connectivity index (χ0n) is 20.9. The summed E-state index contributed by atoms with van der Waals surface area (Å²) >= 11 is 0. The van der Waals surface area contributed by atoms with Crippen LogP contribution in [-0.2, 0) is 28.9 Å². The Bertz CT molecular complexity index is 857. The van der Waals surface area contributed by atoms with E-state index in [2.05, 4.69) is 15.7 Å². The molecule has 1 aliphatic carbocycles. The van der Waals surface area contributed by atoms with Gasteiger partial charge in [-0.05, 0) is 51.3 Å². The molecule has 1 aliphatic heterocycles. The summed E-state index contributed by atoms with van der Waals surface area (Å²) in [5.41, 5.74) is 0.847. The van der Waals surface area contributed by atoms with Crippen LogP contribution in [0.1, 0.15) is 48.6 Å². The van der Waals surface area contributed by atoms with Crippen LogP contribution in [0.5, 0.6) is 0 Å². The minimum Gasteiger partial charge on any atom is -0.371 e. The molecule has 3 rings (SSSR count). The minimum absolute atomic E-state index is 0.00546. The maximum atomic E-state index is 14.2. The fourth-order valence-electron chi connectivity index (χ4n) is 5.40. The number of hydrogen-bond acceptors (Lipinski definition) is 5. The molecule has 0 saturated heterocycles. The zero-order chi connectivity index (χ0) is 27.5. The van der Waals surface area contributed by atoms with Crippen LogP contribution in [0, 0.1) is 5.41 Å². The van der Waals surface area contributed by atoms with Gasteiger partial charge in [-0.1, -0.05) is 0 Å². The first-order valence-electron chi connectivity index (χ1n) is 12.2. The van der Waals surface area contributed by atoms with Crippen molar-refractivity contribution in [2.75, 3.05) is 47.1 Å². The van der Waals surface area contributed by atoms with Gasteiger partial charge in [0.1, 0.15) is 19.8 Å². The minimum atomic E-state index is -4.57. The maximum Gasteiger partial charge on any atom is 0.411 e. The van der Waals surface area contributed by atoms with E-state index in [1.165, 1.54) is 4.68 Å². The Morgan fingerprint density at radius 2 is 1.57 bits per heavy atom. The molecule has 214 valence electrons. The highest BCUT2D eigenvalue weighted by molar-refractivity contribution is 5.34. The molecule has 2 heterocycles. The van der Waals surface area contributed by atoms with Gasteiger partial charge in [-0.25, -0.2) is 8.78 Å². The number of alkyl halides is 8. The smallest absolute Gasteiger partial charge is 0.371 e. The molecule has 1 fully saturated rings. The number of halogens is 8. The van der Waals surface area contributed by atoms with Crippen LogP contribution in [0.15, 0.2) is 0 Å². The molecule has 1 saturated carbocycles. The van der Waals surface area contributed by atoms with Gasteiger partial charge in [0.15, 0.2) is 0 Å². The maximum absolute atomic E-state index is 14.2. The average Bonchev–Trinajstić information content (AvgIpc) is 3.23. The molecule has 1 aromatic heterocycles. The topological polar surface area (TPSA) is 60.3 Å². The van der Waals surface area contributed by atoms with Crippen LogP contribution in [-0.4, -0.2) is 81.2 Å². The average molecular weight is 551 g/mol. The SMILES string of the molecule is CNCC(Cc1nn2c(c1C1CCC(COCC(F)(F)F)(COCC(F)(F)F)CC1)CC(F)(F)C2)NC. The van der Waals surface area contributed by atoms with Crippen LogP contribution >= 0.6 is 0 Å². The molecule has 0 amide bonds. The Balaban J connectivity index is 1.78. The normalized spacial score (nSPS) is 20.8. The van der Waals surface area contributed by atoms with E-state index in [9.17, 15) is 35.1 Å². The highest BCUT2D eigenvalue weighted by Gasteiger charge is 2.45. The fourth-order valence-corrected chi connectivity index (χ4v) is 5.40. The van der Waals surface area contributed by atoms with Crippen molar-refractivity contribution in [2.24, 2.45) is 5.41 Å². The van der Waals surface area contributed by atoms with E-state index < -0.39 is 63.1 Å².